The number of sulfone groups is 1. The van der Waals surface area contributed by atoms with E-state index in [9.17, 15) is 8.42 Å². The lowest BCUT2D eigenvalue weighted by Gasteiger charge is -2.32. The summed E-state index contributed by atoms with van der Waals surface area (Å²) in [5, 5.41) is 0.976. The fourth-order valence-electron chi connectivity index (χ4n) is 3.07. The molecule has 0 spiro atoms. The van der Waals surface area contributed by atoms with Crippen LogP contribution in [0.2, 0.25) is 10.0 Å². The first-order valence-corrected chi connectivity index (χ1v) is 9.87. The summed E-state index contributed by atoms with van der Waals surface area (Å²) in [5.41, 5.74) is 7.27. The predicted molar refractivity (Wildman–Crippen MR) is 88.7 cm³/mol. The van der Waals surface area contributed by atoms with Gasteiger partial charge in [-0.2, -0.15) is 0 Å². The molecule has 118 valence electrons. The van der Waals surface area contributed by atoms with Crippen molar-refractivity contribution in [3.8, 4) is 0 Å². The van der Waals surface area contributed by atoms with Crippen molar-refractivity contribution >= 4 is 33.0 Å². The number of rotatable bonds is 4. The van der Waals surface area contributed by atoms with E-state index in [2.05, 4.69) is 0 Å². The van der Waals surface area contributed by atoms with Gasteiger partial charge < -0.3 is 5.73 Å². The monoisotopic (exact) mass is 349 g/mol. The smallest absolute Gasteiger partial charge is 0.150 e. The lowest BCUT2D eigenvalue weighted by Crippen LogP contribution is -2.38. The first-order valence-electron chi connectivity index (χ1n) is 7.15. The Labute approximate surface area is 136 Å². The molecule has 2 rings (SSSR count). The van der Waals surface area contributed by atoms with Crippen molar-refractivity contribution < 1.29 is 8.42 Å². The molecule has 0 amide bonds. The maximum absolute atomic E-state index is 11.7. The SMILES string of the molecule is CS(=O)(=O)C1CCCC(C(N)Cc2ccc(Cl)cc2Cl)C1. The largest absolute Gasteiger partial charge is 0.327 e. The van der Waals surface area contributed by atoms with Gasteiger partial charge in [0, 0.05) is 22.3 Å². The second-order valence-corrected chi connectivity index (χ2v) is 9.15. The van der Waals surface area contributed by atoms with Crippen LogP contribution in [0.25, 0.3) is 0 Å². The Kier molecular flexibility index (Phi) is 5.58. The first kappa shape index (κ1) is 17.1. The zero-order valence-electron chi connectivity index (χ0n) is 12.1. The van der Waals surface area contributed by atoms with Gasteiger partial charge in [0.1, 0.15) is 9.84 Å². The molecule has 6 heteroatoms. The van der Waals surface area contributed by atoms with Crippen LogP contribution in [0.3, 0.4) is 0 Å². The molecule has 2 N–H and O–H groups in total. The van der Waals surface area contributed by atoms with Gasteiger partial charge in [0.15, 0.2) is 0 Å². The van der Waals surface area contributed by atoms with Gasteiger partial charge >= 0.3 is 0 Å². The molecule has 0 aliphatic heterocycles. The molecule has 21 heavy (non-hydrogen) atoms. The maximum atomic E-state index is 11.7. The highest BCUT2D eigenvalue weighted by atomic mass is 35.5. The molecule has 1 aliphatic rings. The highest BCUT2D eigenvalue weighted by Gasteiger charge is 2.31. The third-order valence-corrected chi connectivity index (χ3v) is 6.57. The zero-order valence-corrected chi connectivity index (χ0v) is 14.4. The average Bonchev–Trinajstić information content (AvgIpc) is 2.41. The van der Waals surface area contributed by atoms with E-state index in [0.29, 0.717) is 22.9 Å². The van der Waals surface area contributed by atoms with Crippen LogP contribution in [0.15, 0.2) is 18.2 Å². The summed E-state index contributed by atoms with van der Waals surface area (Å²) in [6.45, 7) is 0. The summed E-state index contributed by atoms with van der Waals surface area (Å²) in [5.74, 6) is 0.227. The van der Waals surface area contributed by atoms with Gasteiger partial charge in [-0.1, -0.05) is 35.7 Å². The van der Waals surface area contributed by atoms with Crippen LogP contribution in [-0.2, 0) is 16.3 Å². The molecule has 1 aromatic rings. The van der Waals surface area contributed by atoms with Gasteiger partial charge in [-0.15, -0.1) is 0 Å². The van der Waals surface area contributed by atoms with Crippen molar-refractivity contribution in [1.82, 2.24) is 0 Å². The summed E-state index contributed by atoms with van der Waals surface area (Å²) >= 11 is 12.1. The third kappa shape index (κ3) is 4.59. The molecule has 1 fully saturated rings. The molecule has 3 atom stereocenters. The second kappa shape index (κ2) is 6.86. The average molecular weight is 350 g/mol. The van der Waals surface area contributed by atoms with Crippen molar-refractivity contribution in [2.24, 2.45) is 11.7 Å². The second-order valence-electron chi connectivity index (χ2n) is 5.98. The van der Waals surface area contributed by atoms with E-state index in [1.165, 1.54) is 6.26 Å². The molecule has 0 radical (unpaired) electrons. The number of hydrogen-bond acceptors (Lipinski definition) is 3. The van der Waals surface area contributed by atoms with E-state index in [1.54, 1.807) is 12.1 Å². The van der Waals surface area contributed by atoms with Crippen molar-refractivity contribution in [3.05, 3.63) is 33.8 Å². The Morgan fingerprint density at radius 2 is 2.05 bits per heavy atom. The fraction of sp³-hybridized carbons (Fsp3) is 0.600. The minimum absolute atomic E-state index is 0.0757. The van der Waals surface area contributed by atoms with Crippen LogP contribution >= 0.6 is 23.2 Å². The van der Waals surface area contributed by atoms with Crippen molar-refractivity contribution in [1.29, 1.82) is 0 Å². The molecular weight excluding hydrogens is 329 g/mol. The van der Waals surface area contributed by atoms with E-state index in [1.807, 2.05) is 6.07 Å². The Morgan fingerprint density at radius 1 is 1.33 bits per heavy atom. The van der Waals surface area contributed by atoms with Crippen molar-refractivity contribution in [2.45, 2.75) is 43.4 Å². The summed E-state index contributed by atoms with van der Waals surface area (Å²) < 4.78 is 23.5. The van der Waals surface area contributed by atoms with Crippen LogP contribution in [0.5, 0.6) is 0 Å². The number of halogens is 2. The molecule has 1 aromatic carbocycles. The van der Waals surface area contributed by atoms with Gasteiger partial charge in [-0.3, -0.25) is 0 Å². The minimum atomic E-state index is -2.98. The summed E-state index contributed by atoms with van der Waals surface area (Å²) in [4.78, 5) is 0. The highest BCUT2D eigenvalue weighted by Crippen LogP contribution is 2.32. The van der Waals surface area contributed by atoms with Crippen molar-refractivity contribution in [2.75, 3.05) is 6.26 Å². The quantitative estimate of drug-likeness (QED) is 0.905. The predicted octanol–water partition coefficient (Wildman–Crippen LogP) is 3.47. The summed E-state index contributed by atoms with van der Waals surface area (Å²) in [6.07, 6.45) is 5.29. The van der Waals surface area contributed by atoms with E-state index in [-0.39, 0.29) is 17.2 Å². The Morgan fingerprint density at radius 3 is 2.67 bits per heavy atom. The van der Waals surface area contributed by atoms with Crippen LogP contribution < -0.4 is 5.73 Å². The molecular formula is C15H21Cl2NO2S. The molecule has 3 nitrogen and oxygen atoms in total. The Hall–Kier alpha value is -0.290. The Balaban J connectivity index is 2.04. The van der Waals surface area contributed by atoms with Gasteiger partial charge in [0.2, 0.25) is 0 Å². The molecule has 0 bridgehead atoms. The van der Waals surface area contributed by atoms with Gasteiger partial charge in [0.05, 0.1) is 5.25 Å². The van der Waals surface area contributed by atoms with Gasteiger partial charge in [-0.05, 0) is 49.3 Å². The maximum Gasteiger partial charge on any atom is 0.150 e. The number of benzene rings is 1. The first-order chi connectivity index (χ1) is 9.77. The Bertz CT molecular complexity index is 604. The highest BCUT2D eigenvalue weighted by molar-refractivity contribution is 7.91. The normalized spacial score (nSPS) is 24.8. The van der Waals surface area contributed by atoms with Crippen LogP contribution in [0, 0.1) is 5.92 Å². The van der Waals surface area contributed by atoms with E-state index >= 15 is 0 Å². The zero-order chi connectivity index (χ0) is 15.6. The topological polar surface area (TPSA) is 60.2 Å². The lowest BCUT2D eigenvalue weighted by molar-refractivity contribution is 0.304. The third-order valence-electron chi connectivity index (χ3n) is 4.35. The molecule has 3 unspecified atom stereocenters. The van der Waals surface area contributed by atoms with Crippen molar-refractivity contribution in [3.63, 3.8) is 0 Å². The van der Waals surface area contributed by atoms with Crippen LogP contribution in [0.4, 0.5) is 0 Å². The molecule has 0 saturated heterocycles. The van der Waals surface area contributed by atoms with Crippen LogP contribution in [-0.4, -0.2) is 26.0 Å². The number of hydrogen-bond donors (Lipinski definition) is 1. The lowest BCUT2D eigenvalue weighted by atomic mass is 9.82. The molecule has 1 saturated carbocycles. The number of nitrogens with two attached hydrogens (primary N) is 1. The fourth-order valence-corrected chi connectivity index (χ4v) is 4.74. The summed E-state index contributed by atoms with van der Waals surface area (Å²) in [7, 11) is -2.98. The summed E-state index contributed by atoms with van der Waals surface area (Å²) in [6, 6.07) is 5.33. The van der Waals surface area contributed by atoms with E-state index in [4.69, 9.17) is 28.9 Å². The molecule has 1 aliphatic carbocycles. The molecule has 0 heterocycles. The van der Waals surface area contributed by atoms with Crippen LogP contribution in [0.1, 0.15) is 31.2 Å². The van der Waals surface area contributed by atoms with E-state index in [0.717, 1.165) is 24.8 Å². The standard InChI is InChI=1S/C15H21Cl2NO2S/c1-21(19,20)13-4-2-3-11(7-13)15(18)8-10-5-6-12(16)9-14(10)17/h5-6,9,11,13,15H,2-4,7-8,18H2,1H3. The van der Waals surface area contributed by atoms with Gasteiger partial charge in [0.25, 0.3) is 0 Å². The molecule has 0 aromatic heterocycles. The minimum Gasteiger partial charge on any atom is -0.327 e. The van der Waals surface area contributed by atoms with Gasteiger partial charge in [-0.25, -0.2) is 8.42 Å². The van der Waals surface area contributed by atoms with E-state index < -0.39 is 9.84 Å².